The van der Waals surface area contributed by atoms with Gasteiger partial charge in [-0.15, -0.1) is 0 Å². The highest BCUT2D eigenvalue weighted by Gasteiger charge is 2.21. The first-order chi connectivity index (χ1) is 28.2. The van der Waals surface area contributed by atoms with Gasteiger partial charge in [-0.2, -0.15) is 0 Å². The molecule has 0 saturated heterocycles. The lowest BCUT2D eigenvalue weighted by atomic mass is 9.97. The van der Waals surface area contributed by atoms with Gasteiger partial charge >= 0.3 is 0 Å². The molecule has 0 aliphatic carbocycles. The molecule has 0 N–H and O–H groups in total. The Hall–Kier alpha value is -6.64. The summed E-state index contributed by atoms with van der Waals surface area (Å²) in [6, 6.07) is 40.4. The van der Waals surface area contributed by atoms with Crippen molar-refractivity contribution in [1.82, 2.24) is 0 Å². The highest BCUT2D eigenvalue weighted by atomic mass is 16.3. The first-order valence-electron chi connectivity index (χ1n) is 20.5. The van der Waals surface area contributed by atoms with Gasteiger partial charge in [-0.25, -0.2) is 0 Å². The number of nitrogens with zero attached hydrogens (tertiary/aromatic N) is 1. The van der Waals surface area contributed by atoms with Crippen LogP contribution in [0.5, 0.6) is 0 Å². The second kappa shape index (κ2) is 11.5. The first-order valence-corrected chi connectivity index (χ1v) is 16.5. The zero-order valence-electron chi connectivity index (χ0n) is 34.6. The molecule has 1 heterocycles. The number of hydrogen-bond donors (Lipinski definition) is 0. The summed E-state index contributed by atoms with van der Waals surface area (Å²) in [6.07, 6.45) is 0. The summed E-state index contributed by atoms with van der Waals surface area (Å²) in [6.45, 7) is 0. The molecule has 10 aromatic rings. The minimum absolute atomic E-state index is 0.107. The van der Waals surface area contributed by atoms with Gasteiger partial charge in [0.25, 0.3) is 0 Å². The Morgan fingerprint density at radius 3 is 1.76 bits per heavy atom. The van der Waals surface area contributed by atoms with Crippen molar-refractivity contribution in [2.45, 2.75) is 0 Å². The van der Waals surface area contributed by atoms with E-state index < -0.39 is 24.2 Å². The molecule has 9 aromatic carbocycles. The Kier molecular flexibility index (Phi) is 4.91. The van der Waals surface area contributed by atoms with Crippen molar-refractivity contribution in [1.29, 1.82) is 0 Å². The van der Waals surface area contributed by atoms with E-state index in [9.17, 15) is 11.0 Å². The number of furan rings is 1. The Morgan fingerprint density at radius 2 is 1.04 bits per heavy atom. The Bertz CT molecular complexity index is 3320. The Morgan fingerprint density at radius 1 is 0.440 bits per heavy atom. The highest BCUT2D eigenvalue weighted by Crippen LogP contribution is 2.45. The minimum Gasteiger partial charge on any atom is -0.455 e. The van der Waals surface area contributed by atoms with Gasteiger partial charge in [0.05, 0.1) is 22.0 Å². The van der Waals surface area contributed by atoms with Gasteiger partial charge in [0.2, 0.25) is 0 Å². The van der Waals surface area contributed by atoms with Crippen molar-refractivity contribution in [3.8, 4) is 22.3 Å². The molecule has 2 nitrogen and oxygen atoms in total. The quantitative estimate of drug-likeness (QED) is 0.185. The molecular weight excluding hydrogens is 607 g/mol. The number of fused-ring (bicyclic) bond motifs is 7. The first kappa shape index (κ1) is 21.4. The van der Waals surface area contributed by atoms with E-state index in [-0.39, 0.29) is 46.7 Å². The lowest BCUT2D eigenvalue weighted by Crippen LogP contribution is -2.10. The maximum atomic E-state index is 9.92. The predicted molar refractivity (Wildman–Crippen MR) is 212 cm³/mol. The number of hydrogen-bond acceptors (Lipinski definition) is 2. The van der Waals surface area contributed by atoms with Crippen LogP contribution < -0.4 is 4.90 Å². The van der Waals surface area contributed by atoms with E-state index in [4.69, 9.17) is 4.42 Å². The van der Waals surface area contributed by atoms with E-state index in [0.29, 0.717) is 38.8 Å². The highest BCUT2D eigenvalue weighted by molar-refractivity contribution is 6.19. The molecule has 0 aliphatic rings. The fourth-order valence-electron chi connectivity index (χ4n) is 7.09. The topological polar surface area (TPSA) is 16.4 Å². The standard InChI is InChI=1S/C48H31NO/c1-4-18-39-32(11-1)14-8-21-41(39)35-25-28-37(29-26-35)49(38-17-7-16-36(31-38)42-22-9-15-33-12-2-5-19-40(33)42)45-23-10-24-46-47(45)44-30-27-34-13-3-6-20-43(34)48(44)50-46/h1-31H/i7D,16D,17D,25D,26D,28D,29D,31D. The zero-order valence-corrected chi connectivity index (χ0v) is 26.6. The molecule has 234 valence electrons. The van der Waals surface area contributed by atoms with Crippen LogP contribution in [0.4, 0.5) is 17.1 Å². The molecule has 0 atom stereocenters. The van der Waals surface area contributed by atoms with E-state index >= 15 is 0 Å². The van der Waals surface area contributed by atoms with Gasteiger partial charge < -0.3 is 9.32 Å². The van der Waals surface area contributed by atoms with Gasteiger partial charge in [-0.05, 0) is 91.6 Å². The SMILES string of the molecule is [2H]c1c([2H])c(-c2cccc3ccccc23)c([2H])c(N(c2c([2H])c([2H])c(-c3cccc4ccccc34)c([2H])c2[2H])c2cccc3oc4c5ccccc5ccc4c23)c1[2H]. The van der Waals surface area contributed by atoms with E-state index in [1.54, 1.807) is 30.3 Å². The summed E-state index contributed by atoms with van der Waals surface area (Å²) < 4.78 is 82.7. The Labute approximate surface area is 301 Å². The molecule has 2 heteroatoms. The molecule has 50 heavy (non-hydrogen) atoms. The molecule has 10 rings (SSSR count). The second-order valence-electron chi connectivity index (χ2n) is 12.3. The van der Waals surface area contributed by atoms with E-state index in [2.05, 4.69) is 0 Å². The zero-order chi connectivity index (χ0) is 40.0. The van der Waals surface area contributed by atoms with Gasteiger partial charge in [-0.1, -0.05) is 145 Å². The van der Waals surface area contributed by atoms with Crippen LogP contribution in [0.2, 0.25) is 0 Å². The lowest BCUT2D eigenvalue weighted by Gasteiger charge is -2.27. The number of rotatable bonds is 5. The number of benzene rings is 9. The van der Waals surface area contributed by atoms with Crippen LogP contribution in [-0.4, -0.2) is 0 Å². The van der Waals surface area contributed by atoms with E-state index in [1.807, 2.05) is 109 Å². The van der Waals surface area contributed by atoms with Crippen molar-refractivity contribution in [3.63, 3.8) is 0 Å². The van der Waals surface area contributed by atoms with Crippen molar-refractivity contribution >= 4 is 71.3 Å². The summed E-state index contributed by atoms with van der Waals surface area (Å²) >= 11 is 0. The van der Waals surface area contributed by atoms with Crippen LogP contribution >= 0.6 is 0 Å². The maximum absolute atomic E-state index is 9.92. The van der Waals surface area contributed by atoms with Gasteiger partial charge in [-0.3, -0.25) is 0 Å². The number of anilines is 3. The van der Waals surface area contributed by atoms with Crippen molar-refractivity contribution < 1.29 is 15.4 Å². The van der Waals surface area contributed by atoms with Gasteiger partial charge in [0.1, 0.15) is 11.2 Å². The van der Waals surface area contributed by atoms with Crippen LogP contribution in [0.1, 0.15) is 11.0 Å². The maximum Gasteiger partial charge on any atom is 0.143 e. The monoisotopic (exact) mass is 645 g/mol. The van der Waals surface area contributed by atoms with Crippen LogP contribution in [0, 0.1) is 0 Å². The van der Waals surface area contributed by atoms with Crippen LogP contribution in [0.25, 0.3) is 76.5 Å². The third-order valence-electron chi connectivity index (χ3n) is 9.39. The van der Waals surface area contributed by atoms with Crippen molar-refractivity contribution in [2.75, 3.05) is 4.90 Å². The molecule has 0 saturated carbocycles. The third kappa shape index (κ3) is 4.57. The molecule has 0 radical (unpaired) electrons. The summed E-state index contributed by atoms with van der Waals surface area (Å²) in [5, 5.41) is 6.35. The second-order valence-corrected chi connectivity index (χ2v) is 12.3. The lowest BCUT2D eigenvalue weighted by molar-refractivity contribution is 0.672. The molecule has 0 aliphatic heterocycles. The summed E-state index contributed by atoms with van der Waals surface area (Å²) in [7, 11) is 0. The van der Waals surface area contributed by atoms with Crippen LogP contribution in [-0.2, 0) is 0 Å². The molecule has 0 spiro atoms. The van der Waals surface area contributed by atoms with Crippen LogP contribution in [0.15, 0.2) is 192 Å². The fraction of sp³-hybridized carbons (Fsp3) is 0. The Balaban J connectivity index is 1.35. The minimum atomic E-state index is -0.468. The normalized spacial score (nSPS) is 13.8. The molecule has 1 aromatic heterocycles. The summed E-state index contributed by atoms with van der Waals surface area (Å²) in [5.41, 5.74) is 2.31. The third-order valence-corrected chi connectivity index (χ3v) is 9.39. The van der Waals surface area contributed by atoms with Crippen molar-refractivity contribution in [3.05, 3.63) is 188 Å². The van der Waals surface area contributed by atoms with Gasteiger partial charge in [0, 0.05) is 22.1 Å². The fourth-order valence-corrected chi connectivity index (χ4v) is 7.09. The van der Waals surface area contributed by atoms with Crippen LogP contribution in [0.3, 0.4) is 0 Å². The summed E-state index contributed by atoms with van der Waals surface area (Å²) in [4.78, 5) is 1.41. The van der Waals surface area contributed by atoms with E-state index in [1.165, 1.54) is 4.90 Å². The smallest absolute Gasteiger partial charge is 0.143 e. The molecule has 0 fully saturated rings. The van der Waals surface area contributed by atoms with E-state index in [0.717, 1.165) is 32.3 Å². The molecule has 0 amide bonds. The molecule has 0 bridgehead atoms. The largest absolute Gasteiger partial charge is 0.455 e. The van der Waals surface area contributed by atoms with Gasteiger partial charge in [0.15, 0.2) is 0 Å². The average molecular weight is 646 g/mol. The van der Waals surface area contributed by atoms with Crippen molar-refractivity contribution in [2.24, 2.45) is 0 Å². The molecular formula is C48H31NO. The summed E-state index contributed by atoms with van der Waals surface area (Å²) in [5.74, 6) is 0. The predicted octanol–water partition coefficient (Wildman–Crippen LogP) is 13.8. The average Bonchev–Trinajstić information content (AvgIpc) is 3.65. The molecule has 0 unspecified atom stereocenters.